The second-order valence-electron chi connectivity index (χ2n) is 6.77. The summed E-state index contributed by atoms with van der Waals surface area (Å²) in [5.41, 5.74) is 0.626. The molecule has 1 aliphatic rings. The highest BCUT2D eigenvalue weighted by Crippen LogP contribution is 2.29. The SMILES string of the molecule is Fc1ccc2cnccc2c1CN[C@H]1C[C@H](Oc2cccc(OC(F)F)c2)C1. The highest BCUT2D eigenvalue weighted by molar-refractivity contribution is 5.84. The molecule has 1 aromatic heterocycles. The highest BCUT2D eigenvalue weighted by atomic mass is 19.3. The van der Waals surface area contributed by atoms with Gasteiger partial charge in [-0.15, -0.1) is 0 Å². The van der Waals surface area contributed by atoms with Gasteiger partial charge in [-0.25, -0.2) is 4.39 Å². The Morgan fingerprint density at radius 1 is 1.11 bits per heavy atom. The van der Waals surface area contributed by atoms with Crippen LogP contribution in [0.15, 0.2) is 54.9 Å². The number of benzene rings is 2. The first-order chi connectivity index (χ1) is 13.6. The number of hydrogen-bond acceptors (Lipinski definition) is 4. The average molecular weight is 388 g/mol. The Hall–Kier alpha value is -2.80. The molecule has 0 bridgehead atoms. The summed E-state index contributed by atoms with van der Waals surface area (Å²) in [5, 5.41) is 5.11. The normalized spacial score (nSPS) is 18.9. The van der Waals surface area contributed by atoms with E-state index in [1.165, 1.54) is 18.2 Å². The van der Waals surface area contributed by atoms with Crippen molar-refractivity contribution in [3.05, 3.63) is 66.2 Å². The Morgan fingerprint density at radius 3 is 2.75 bits per heavy atom. The van der Waals surface area contributed by atoms with Crippen molar-refractivity contribution in [2.45, 2.75) is 38.1 Å². The molecule has 4 nitrogen and oxygen atoms in total. The molecule has 3 aromatic rings. The fourth-order valence-corrected chi connectivity index (χ4v) is 3.38. The van der Waals surface area contributed by atoms with Gasteiger partial charge in [0.1, 0.15) is 23.4 Å². The fourth-order valence-electron chi connectivity index (χ4n) is 3.38. The first kappa shape index (κ1) is 18.6. The Morgan fingerprint density at radius 2 is 1.93 bits per heavy atom. The molecule has 28 heavy (non-hydrogen) atoms. The lowest BCUT2D eigenvalue weighted by Crippen LogP contribution is -2.46. The standard InChI is InChI=1S/C21H19F3N2O2/c22-20-5-4-13-11-25-7-6-18(13)19(20)12-26-14-8-17(9-14)27-15-2-1-3-16(10-15)28-21(23)24/h1-7,10-11,14,17,21,26H,8-9,12H2/t14-,17-. The second-order valence-corrected chi connectivity index (χ2v) is 6.77. The smallest absolute Gasteiger partial charge is 0.387 e. The van der Waals surface area contributed by atoms with E-state index in [0.717, 1.165) is 23.6 Å². The van der Waals surface area contributed by atoms with Crippen LogP contribution in [0.3, 0.4) is 0 Å². The summed E-state index contributed by atoms with van der Waals surface area (Å²) in [4.78, 5) is 4.07. The van der Waals surface area contributed by atoms with E-state index in [4.69, 9.17) is 4.74 Å². The minimum absolute atomic E-state index is 0.0131. The second kappa shape index (κ2) is 8.06. The first-order valence-corrected chi connectivity index (χ1v) is 9.04. The van der Waals surface area contributed by atoms with E-state index >= 15 is 0 Å². The van der Waals surface area contributed by atoms with Crippen molar-refractivity contribution in [1.29, 1.82) is 0 Å². The molecule has 0 atom stereocenters. The predicted octanol–water partition coefficient (Wildman–Crippen LogP) is 4.67. The van der Waals surface area contributed by atoms with Crippen molar-refractivity contribution in [3.8, 4) is 11.5 Å². The van der Waals surface area contributed by atoms with Crippen molar-refractivity contribution in [2.75, 3.05) is 0 Å². The molecule has 7 heteroatoms. The maximum absolute atomic E-state index is 14.2. The molecule has 0 amide bonds. The lowest BCUT2D eigenvalue weighted by Gasteiger charge is -2.36. The minimum Gasteiger partial charge on any atom is -0.490 e. The van der Waals surface area contributed by atoms with Gasteiger partial charge < -0.3 is 14.8 Å². The van der Waals surface area contributed by atoms with E-state index in [2.05, 4.69) is 15.0 Å². The molecule has 1 saturated carbocycles. The Bertz CT molecular complexity index is 961. The van der Waals surface area contributed by atoms with E-state index in [9.17, 15) is 13.2 Å². The van der Waals surface area contributed by atoms with Gasteiger partial charge in [-0.05, 0) is 48.6 Å². The van der Waals surface area contributed by atoms with E-state index in [1.807, 2.05) is 6.07 Å². The van der Waals surface area contributed by atoms with E-state index in [1.54, 1.807) is 30.6 Å². The number of halogens is 3. The number of pyridine rings is 1. The summed E-state index contributed by atoms with van der Waals surface area (Å²) in [7, 11) is 0. The molecular formula is C21H19F3N2O2. The molecule has 1 fully saturated rings. The van der Waals surface area contributed by atoms with Crippen LogP contribution in [-0.2, 0) is 6.54 Å². The van der Waals surface area contributed by atoms with Crippen LogP contribution in [0, 0.1) is 5.82 Å². The van der Waals surface area contributed by atoms with Gasteiger partial charge in [-0.1, -0.05) is 6.07 Å². The number of fused-ring (bicyclic) bond motifs is 1. The molecule has 4 rings (SSSR count). The van der Waals surface area contributed by atoms with Crippen molar-refractivity contribution in [1.82, 2.24) is 10.3 Å². The number of hydrogen-bond donors (Lipinski definition) is 1. The van der Waals surface area contributed by atoms with Crippen molar-refractivity contribution in [2.24, 2.45) is 0 Å². The summed E-state index contributed by atoms with van der Waals surface area (Å²) in [5.74, 6) is 0.325. The predicted molar refractivity (Wildman–Crippen MR) is 99.1 cm³/mol. The Balaban J connectivity index is 1.31. The Kier molecular flexibility index (Phi) is 5.34. The van der Waals surface area contributed by atoms with Gasteiger partial charge in [0.25, 0.3) is 0 Å². The van der Waals surface area contributed by atoms with Gasteiger partial charge in [0.15, 0.2) is 0 Å². The molecular weight excluding hydrogens is 369 g/mol. The zero-order chi connectivity index (χ0) is 19.5. The van der Waals surface area contributed by atoms with Crippen LogP contribution in [0.4, 0.5) is 13.2 Å². The minimum atomic E-state index is -2.86. The van der Waals surface area contributed by atoms with Gasteiger partial charge in [-0.3, -0.25) is 4.98 Å². The summed E-state index contributed by atoms with van der Waals surface area (Å²) < 4.78 is 49.0. The lowest BCUT2D eigenvalue weighted by molar-refractivity contribution is -0.0500. The third-order valence-corrected chi connectivity index (χ3v) is 4.87. The van der Waals surface area contributed by atoms with Crippen LogP contribution in [-0.4, -0.2) is 23.7 Å². The molecule has 0 spiro atoms. The molecule has 1 aliphatic carbocycles. The molecule has 0 unspecified atom stereocenters. The largest absolute Gasteiger partial charge is 0.490 e. The molecule has 0 aliphatic heterocycles. The maximum Gasteiger partial charge on any atom is 0.387 e. The lowest BCUT2D eigenvalue weighted by atomic mass is 9.89. The van der Waals surface area contributed by atoms with Gasteiger partial charge in [-0.2, -0.15) is 8.78 Å². The monoisotopic (exact) mass is 388 g/mol. The van der Waals surface area contributed by atoms with E-state index in [-0.39, 0.29) is 23.7 Å². The van der Waals surface area contributed by atoms with Crippen LogP contribution >= 0.6 is 0 Å². The van der Waals surface area contributed by atoms with Gasteiger partial charge in [0.2, 0.25) is 0 Å². The number of nitrogens with one attached hydrogen (secondary N) is 1. The number of ether oxygens (including phenoxy) is 2. The third-order valence-electron chi connectivity index (χ3n) is 4.87. The number of alkyl halides is 2. The summed E-state index contributed by atoms with van der Waals surface area (Å²) in [6.45, 7) is -2.44. The summed E-state index contributed by atoms with van der Waals surface area (Å²) in [6, 6.07) is 11.4. The zero-order valence-corrected chi connectivity index (χ0v) is 14.9. The number of nitrogens with zero attached hydrogens (tertiary/aromatic N) is 1. The highest BCUT2D eigenvalue weighted by Gasteiger charge is 2.30. The number of rotatable bonds is 7. The van der Waals surface area contributed by atoms with Crippen molar-refractivity contribution < 1.29 is 22.6 Å². The third kappa shape index (κ3) is 4.20. The van der Waals surface area contributed by atoms with Crippen LogP contribution in [0.5, 0.6) is 11.5 Å². The quantitative estimate of drug-likeness (QED) is 0.639. The van der Waals surface area contributed by atoms with Crippen molar-refractivity contribution in [3.63, 3.8) is 0 Å². The molecule has 1 N–H and O–H groups in total. The van der Waals surface area contributed by atoms with Crippen molar-refractivity contribution >= 4 is 10.8 Å². The average Bonchev–Trinajstić information content (AvgIpc) is 2.64. The zero-order valence-electron chi connectivity index (χ0n) is 14.9. The van der Waals surface area contributed by atoms with Gasteiger partial charge in [0.05, 0.1) is 0 Å². The van der Waals surface area contributed by atoms with Crippen LogP contribution in [0.2, 0.25) is 0 Å². The Labute approximate surface area is 160 Å². The molecule has 1 heterocycles. The molecule has 0 radical (unpaired) electrons. The summed E-state index contributed by atoms with van der Waals surface area (Å²) in [6.07, 6.45) is 4.88. The molecule has 2 aromatic carbocycles. The topological polar surface area (TPSA) is 43.4 Å². The van der Waals surface area contributed by atoms with E-state index in [0.29, 0.717) is 17.9 Å². The van der Waals surface area contributed by atoms with E-state index < -0.39 is 6.61 Å². The fraction of sp³-hybridized carbons (Fsp3) is 0.286. The molecule has 0 saturated heterocycles. The number of aromatic nitrogens is 1. The first-order valence-electron chi connectivity index (χ1n) is 9.04. The van der Waals surface area contributed by atoms with Crippen LogP contribution in [0.1, 0.15) is 18.4 Å². The van der Waals surface area contributed by atoms with Crippen LogP contribution < -0.4 is 14.8 Å². The van der Waals surface area contributed by atoms with Crippen LogP contribution in [0.25, 0.3) is 10.8 Å². The van der Waals surface area contributed by atoms with Gasteiger partial charge >= 0.3 is 6.61 Å². The van der Waals surface area contributed by atoms with Gasteiger partial charge in [0, 0.05) is 42.0 Å². The maximum atomic E-state index is 14.2. The summed E-state index contributed by atoms with van der Waals surface area (Å²) >= 11 is 0. The molecule has 146 valence electrons.